The number of carbonyl (C=O) groups is 1. The van der Waals surface area contributed by atoms with E-state index in [-0.39, 0.29) is 5.91 Å². The second kappa shape index (κ2) is 7.30. The van der Waals surface area contributed by atoms with Gasteiger partial charge in [0.1, 0.15) is 6.33 Å². The Balaban J connectivity index is 1.85. The van der Waals surface area contributed by atoms with Crippen molar-refractivity contribution in [2.75, 3.05) is 12.3 Å². The zero-order valence-corrected chi connectivity index (χ0v) is 12.3. The molecular formula is C12H16N4OS2. The third-order valence-corrected chi connectivity index (χ3v) is 4.38. The van der Waals surface area contributed by atoms with E-state index < -0.39 is 0 Å². The van der Waals surface area contributed by atoms with E-state index in [4.69, 9.17) is 0 Å². The summed E-state index contributed by atoms with van der Waals surface area (Å²) < 4.78 is 1.99. The summed E-state index contributed by atoms with van der Waals surface area (Å²) in [5, 5.41) is 13.6. The Kier molecular flexibility index (Phi) is 5.41. The Hall–Kier alpha value is -1.34. The van der Waals surface area contributed by atoms with E-state index in [9.17, 15) is 4.79 Å². The van der Waals surface area contributed by atoms with Crippen LogP contribution in [0.15, 0.2) is 29.0 Å². The molecular weight excluding hydrogens is 280 g/mol. The summed E-state index contributed by atoms with van der Waals surface area (Å²) in [7, 11) is 0. The minimum Gasteiger partial charge on any atom is -0.356 e. The number of rotatable bonds is 7. The summed E-state index contributed by atoms with van der Waals surface area (Å²) in [6.45, 7) is 3.40. The van der Waals surface area contributed by atoms with Crippen LogP contribution in [-0.2, 0) is 17.8 Å². The molecule has 0 saturated heterocycles. The Bertz CT molecular complexity index is 510. The van der Waals surface area contributed by atoms with Crippen molar-refractivity contribution in [3.63, 3.8) is 0 Å². The molecule has 0 unspecified atom stereocenters. The van der Waals surface area contributed by atoms with E-state index in [1.165, 1.54) is 16.6 Å². The number of carbonyl (C=O) groups excluding carboxylic acids is 1. The quantitative estimate of drug-likeness (QED) is 0.792. The maximum absolute atomic E-state index is 11.4. The number of hydrogen-bond donors (Lipinski definition) is 1. The number of aryl methyl sites for hydroxylation is 2. The molecule has 2 heterocycles. The van der Waals surface area contributed by atoms with Crippen LogP contribution in [0.25, 0.3) is 0 Å². The summed E-state index contributed by atoms with van der Waals surface area (Å²) in [5.41, 5.74) is 0. The van der Waals surface area contributed by atoms with E-state index in [2.05, 4.69) is 33.0 Å². The fraction of sp³-hybridized carbons (Fsp3) is 0.417. The van der Waals surface area contributed by atoms with Gasteiger partial charge in [-0.15, -0.1) is 21.5 Å². The Morgan fingerprint density at radius 2 is 2.47 bits per heavy atom. The van der Waals surface area contributed by atoms with Crippen LogP contribution in [0.1, 0.15) is 11.8 Å². The van der Waals surface area contributed by atoms with Gasteiger partial charge in [0.25, 0.3) is 0 Å². The van der Waals surface area contributed by atoms with E-state index in [1.807, 2.05) is 11.5 Å². The first-order chi connectivity index (χ1) is 9.29. The average Bonchev–Trinajstić information content (AvgIpc) is 3.05. The third-order valence-electron chi connectivity index (χ3n) is 2.47. The van der Waals surface area contributed by atoms with Crippen molar-refractivity contribution in [1.29, 1.82) is 0 Å². The number of aromatic nitrogens is 3. The van der Waals surface area contributed by atoms with Gasteiger partial charge in [-0.1, -0.05) is 17.8 Å². The highest BCUT2D eigenvalue weighted by Gasteiger charge is 2.08. The molecule has 1 N–H and O–H groups in total. The van der Waals surface area contributed by atoms with Crippen molar-refractivity contribution >= 4 is 29.0 Å². The highest BCUT2D eigenvalue weighted by molar-refractivity contribution is 7.99. The molecule has 1 amide bonds. The van der Waals surface area contributed by atoms with Crippen molar-refractivity contribution in [3.8, 4) is 0 Å². The molecule has 0 fully saturated rings. The van der Waals surface area contributed by atoms with E-state index in [0.29, 0.717) is 12.3 Å². The SMILES string of the molecule is CCNC(=O)CSc1nncn1CCc1cccs1. The maximum Gasteiger partial charge on any atom is 0.230 e. The lowest BCUT2D eigenvalue weighted by Gasteiger charge is -2.05. The molecule has 2 rings (SSSR count). The van der Waals surface area contributed by atoms with Crippen LogP contribution in [0, 0.1) is 0 Å². The second-order valence-corrected chi connectivity index (χ2v) is 5.85. The molecule has 2 aromatic rings. The first-order valence-corrected chi connectivity index (χ1v) is 7.95. The van der Waals surface area contributed by atoms with Gasteiger partial charge in [-0.25, -0.2) is 0 Å². The first-order valence-electron chi connectivity index (χ1n) is 6.09. The summed E-state index contributed by atoms with van der Waals surface area (Å²) in [5.74, 6) is 0.409. The van der Waals surface area contributed by atoms with Crippen LogP contribution in [0.4, 0.5) is 0 Å². The van der Waals surface area contributed by atoms with E-state index in [0.717, 1.165) is 18.1 Å². The average molecular weight is 296 g/mol. The normalized spacial score (nSPS) is 10.6. The number of amides is 1. The lowest BCUT2D eigenvalue weighted by Crippen LogP contribution is -2.24. The minimum absolute atomic E-state index is 0.0281. The van der Waals surface area contributed by atoms with Gasteiger partial charge in [0.05, 0.1) is 5.75 Å². The Labute approximate surface area is 120 Å². The van der Waals surface area contributed by atoms with Gasteiger partial charge < -0.3 is 9.88 Å². The highest BCUT2D eigenvalue weighted by atomic mass is 32.2. The topological polar surface area (TPSA) is 59.8 Å². The molecule has 5 nitrogen and oxygen atoms in total. The zero-order valence-electron chi connectivity index (χ0n) is 10.7. The van der Waals surface area contributed by atoms with Crippen molar-refractivity contribution < 1.29 is 4.79 Å². The van der Waals surface area contributed by atoms with Crippen LogP contribution < -0.4 is 5.32 Å². The molecule has 0 aliphatic rings. The van der Waals surface area contributed by atoms with Gasteiger partial charge >= 0.3 is 0 Å². The van der Waals surface area contributed by atoms with Crippen molar-refractivity contribution in [2.24, 2.45) is 0 Å². The van der Waals surface area contributed by atoms with E-state index >= 15 is 0 Å². The molecule has 0 aliphatic heterocycles. The standard InChI is InChI=1S/C12H16N4OS2/c1-2-13-11(17)8-19-12-15-14-9-16(12)6-5-10-4-3-7-18-10/h3-4,7,9H,2,5-6,8H2,1H3,(H,13,17). The van der Waals surface area contributed by atoms with Gasteiger partial charge in [-0.2, -0.15) is 0 Å². The predicted molar refractivity (Wildman–Crippen MR) is 77.5 cm³/mol. The van der Waals surface area contributed by atoms with E-state index in [1.54, 1.807) is 17.7 Å². The van der Waals surface area contributed by atoms with Gasteiger partial charge in [-0.3, -0.25) is 4.79 Å². The Morgan fingerprint density at radius 3 is 3.21 bits per heavy atom. The summed E-state index contributed by atoms with van der Waals surface area (Å²) in [6.07, 6.45) is 2.68. The smallest absolute Gasteiger partial charge is 0.230 e. The van der Waals surface area contributed by atoms with Crippen molar-refractivity contribution in [3.05, 3.63) is 28.7 Å². The third kappa shape index (κ3) is 4.36. The van der Waals surface area contributed by atoms with Crippen LogP contribution in [0.3, 0.4) is 0 Å². The molecule has 0 saturated carbocycles. The van der Waals surface area contributed by atoms with Crippen molar-refractivity contribution in [1.82, 2.24) is 20.1 Å². The minimum atomic E-state index is 0.0281. The monoisotopic (exact) mass is 296 g/mol. The van der Waals surface area contributed by atoms with Crippen LogP contribution in [0.2, 0.25) is 0 Å². The predicted octanol–water partition coefficient (Wildman–Crippen LogP) is 1.81. The fourth-order valence-electron chi connectivity index (χ4n) is 1.57. The molecule has 0 atom stereocenters. The molecule has 2 aromatic heterocycles. The number of thioether (sulfide) groups is 1. The molecule has 19 heavy (non-hydrogen) atoms. The highest BCUT2D eigenvalue weighted by Crippen LogP contribution is 2.16. The zero-order chi connectivity index (χ0) is 13.5. The van der Waals surface area contributed by atoms with Gasteiger partial charge in [0, 0.05) is 18.0 Å². The van der Waals surface area contributed by atoms with Gasteiger partial charge in [0.15, 0.2) is 5.16 Å². The molecule has 0 aromatic carbocycles. The summed E-state index contributed by atoms with van der Waals surface area (Å²) >= 11 is 3.17. The largest absolute Gasteiger partial charge is 0.356 e. The van der Waals surface area contributed by atoms with Crippen LogP contribution in [0.5, 0.6) is 0 Å². The summed E-state index contributed by atoms with van der Waals surface area (Å²) in [4.78, 5) is 12.7. The number of hydrogen-bond acceptors (Lipinski definition) is 5. The lowest BCUT2D eigenvalue weighted by atomic mass is 10.3. The molecule has 0 spiro atoms. The summed E-state index contributed by atoms with van der Waals surface area (Å²) in [6, 6.07) is 4.17. The Morgan fingerprint density at radius 1 is 1.58 bits per heavy atom. The molecule has 7 heteroatoms. The molecule has 0 aliphatic carbocycles. The molecule has 0 bridgehead atoms. The van der Waals surface area contributed by atoms with Crippen molar-refractivity contribution in [2.45, 2.75) is 25.0 Å². The maximum atomic E-state index is 11.4. The first kappa shape index (κ1) is 14.1. The second-order valence-electron chi connectivity index (χ2n) is 3.88. The number of nitrogens with zero attached hydrogens (tertiary/aromatic N) is 3. The molecule has 0 radical (unpaired) electrons. The number of thiophene rings is 1. The van der Waals surface area contributed by atoms with Gasteiger partial charge in [0.2, 0.25) is 5.91 Å². The van der Waals surface area contributed by atoms with Crippen LogP contribution in [-0.4, -0.2) is 33.0 Å². The van der Waals surface area contributed by atoms with Crippen LogP contribution >= 0.6 is 23.1 Å². The lowest BCUT2D eigenvalue weighted by molar-refractivity contribution is -0.118. The fourth-order valence-corrected chi connectivity index (χ4v) is 3.04. The molecule has 102 valence electrons. The van der Waals surface area contributed by atoms with Gasteiger partial charge in [-0.05, 0) is 24.8 Å². The number of nitrogens with one attached hydrogen (secondary N) is 1.